The van der Waals surface area contributed by atoms with E-state index in [0.717, 1.165) is 6.61 Å². The van der Waals surface area contributed by atoms with Crippen LogP contribution in [0, 0.1) is 0 Å². The fourth-order valence-corrected chi connectivity index (χ4v) is 2.14. The quantitative estimate of drug-likeness (QED) is 0.329. The van der Waals surface area contributed by atoms with Gasteiger partial charge in [-0.2, -0.15) is 0 Å². The third-order valence-electron chi connectivity index (χ3n) is 3.16. The smallest absolute Gasteiger partial charge is 0.293 e. The van der Waals surface area contributed by atoms with Gasteiger partial charge in [-0.3, -0.25) is 0 Å². The summed E-state index contributed by atoms with van der Waals surface area (Å²) in [6, 6.07) is 0. The van der Waals surface area contributed by atoms with Gasteiger partial charge in [-0.05, 0) is 19.6 Å². The highest BCUT2D eigenvalue weighted by Crippen LogP contribution is 2.14. The van der Waals surface area contributed by atoms with E-state index >= 15 is 0 Å². The SMILES string of the molecule is CCCCCCB(CCCCCC)OCC. The molecule has 0 radical (unpaired) electrons. The number of rotatable bonds is 12. The monoisotopic (exact) mass is 226 g/mol. The number of unbranched alkanes of at least 4 members (excludes halogenated alkanes) is 6. The predicted molar refractivity (Wildman–Crippen MR) is 75.3 cm³/mol. The molecule has 0 fully saturated rings. The van der Waals surface area contributed by atoms with Crippen molar-refractivity contribution in [1.82, 2.24) is 0 Å². The minimum Gasteiger partial charge on any atom is -0.436 e. The lowest BCUT2D eigenvalue weighted by molar-refractivity contribution is 0.338. The lowest BCUT2D eigenvalue weighted by atomic mass is 9.59. The normalized spacial score (nSPS) is 10.7. The maximum absolute atomic E-state index is 5.80. The van der Waals surface area contributed by atoms with Crippen LogP contribution in [0.15, 0.2) is 0 Å². The molecule has 0 heterocycles. The van der Waals surface area contributed by atoms with Crippen molar-refractivity contribution >= 4 is 6.92 Å². The van der Waals surface area contributed by atoms with Crippen LogP contribution in [0.5, 0.6) is 0 Å². The van der Waals surface area contributed by atoms with Gasteiger partial charge in [-0.1, -0.05) is 65.2 Å². The summed E-state index contributed by atoms with van der Waals surface area (Å²) in [6.07, 6.45) is 13.5. The molecule has 0 aliphatic rings. The Hall–Kier alpha value is 0.0249. The molecule has 96 valence electrons. The van der Waals surface area contributed by atoms with Gasteiger partial charge in [0.1, 0.15) is 0 Å². The molecule has 0 aromatic carbocycles. The van der Waals surface area contributed by atoms with Gasteiger partial charge < -0.3 is 4.65 Å². The van der Waals surface area contributed by atoms with Gasteiger partial charge in [-0.15, -0.1) is 0 Å². The van der Waals surface area contributed by atoms with Gasteiger partial charge in [0.2, 0.25) is 0 Å². The Morgan fingerprint density at radius 1 is 0.688 bits per heavy atom. The van der Waals surface area contributed by atoms with Crippen molar-refractivity contribution in [3.8, 4) is 0 Å². The van der Waals surface area contributed by atoms with Crippen LogP contribution in [0.4, 0.5) is 0 Å². The van der Waals surface area contributed by atoms with Gasteiger partial charge in [0, 0.05) is 6.61 Å². The topological polar surface area (TPSA) is 9.23 Å². The van der Waals surface area contributed by atoms with E-state index in [9.17, 15) is 0 Å². The van der Waals surface area contributed by atoms with Crippen molar-refractivity contribution in [2.45, 2.75) is 84.8 Å². The summed E-state index contributed by atoms with van der Waals surface area (Å²) >= 11 is 0. The van der Waals surface area contributed by atoms with Crippen LogP contribution in [0.3, 0.4) is 0 Å². The molecule has 0 aromatic rings. The fraction of sp³-hybridized carbons (Fsp3) is 1.00. The predicted octanol–water partition coefficient (Wildman–Crippen LogP) is 5.18. The van der Waals surface area contributed by atoms with Gasteiger partial charge in [-0.25, -0.2) is 0 Å². The van der Waals surface area contributed by atoms with E-state index in [-0.39, 0.29) is 0 Å². The zero-order valence-electron chi connectivity index (χ0n) is 11.8. The molecule has 0 spiro atoms. The van der Waals surface area contributed by atoms with Crippen molar-refractivity contribution in [2.75, 3.05) is 6.61 Å². The summed E-state index contributed by atoms with van der Waals surface area (Å²) in [4.78, 5) is 0. The summed E-state index contributed by atoms with van der Waals surface area (Å²) in [7, 11) is 0. The Balaban J connectivity index is 3.45. The van der Waals surface area contributed by atoms with E-state index in [2.05, 4.69) is 20.8 Å². The number of hydrogen-bond acceptors (Lipinski definition) is 1. The van der Waals surface area contributed by atoms with Crippen LogP contribution >= 0.6 is 0 Å². The summed E-state index contributed by atoms with van der Waals surface area (Å²) < 4.78 is 5.80. The summed E-state index contributed by atoms with van der Waals surface area (Å²) in [5.41, 5.74) is 0. The highest BCUT2D eigenvalue weighted by molar-refractivity contribution is 6.51. The molecule has 0 bridgehead atoms. The maximum atomic E-state index is 5.80. The molecule has 0 saturated heterocycles. The molecule has 0 unspecified atom stereocenters. The van der Waals surface area contributed by atoms with Crippen molar-refractivity contribution < 1.29 is 4.65 Å². The molecule has 0 saturated carbocycles. The van der Waals surface area contributed by atoms with Crippen LogP contribution in [-0.4, -0.2) is 13.5 Å². The summed E-state index contributed by atoms with van der Waals surface area (Å²) in [5.74, 6) is 0. The first-order chi connectivity index (χ1) is 7.85. The first-order valence-corrected chi connectivity index (χ1v) is 7.46. The fourth-order valence-electron chi connectivity index (χ4n) is 2.14. The van der Waals surface area contributed by atoms with Crippen LogP contribution in [-0.2, 0) is 4.65 Å². The molecule has 0 atom stereocenters. The van der Waals surface area contributed by atoms with E-state index in [1.165, 1.54) is 64.0 Å². The Morgan fingerprint density at radius 3 is 1.56 bits per heavy atom. The molecule has 0 rings (SSSR count). The first-order valence-electron chi connectivity index (χ1n) is 7.46. The number of hydrogen-bond donors (Lipinski definition) is 0. The minimum atomic E-state index is 0.540. The van der Waals surface area contributed by atoms with E-state index < -0.39 is 0 Å². The Labute approximate surface area is 103 Å². The van der Waals surface area contributed by atoms with Crippen molar-refractivity contribution in [3.63, 3.8) is 0 Å². The van der Waals surface area contributed by atoms with E-state index in [4.69, 9.17) is 4.65 Å². The second-order valence-corrected chi connectivity index (χ2v) is 4.78. The Morgan fingerprint density at radius 2 is 1.19 bits per heavy atom. The summed E-state index contributed by atoms with van der Waals surface area (Å²) in [5, 5.41) is 0. The Kier molecular flexibility index (Phi) is 13.1. The standard InChI is InChI=1S/C14H31BO/c1-4-7-9-11-13-15(16-6-3)14-12-10-8-5-2/h4-14H2,1-3H3. The van der Waals surface area contributed by atoms with Crippen LogP contribution in [0.1, 0.15) is 72.1 Å². The molecule has 0 aromatic heterocycles. The zero-order chi connectivity index (χ0) is 12.1. The molecule has 2 heteroatoms. The molecule has 0 aliphatic carbocycles. The van der Waals surface area contributed by atoms with Crippen LogP contribution in [0.25, 0.3) is 0 Å². The lowest BCUT2D eigenvalue weighted by Gasteiger charge is -2.12. The third-order valence-corrected chi connectivity index (χ3v) is 3.16. The van der Waals surface area contributed by atoms with Gasteiger partial charge in [0.05, 0.1) is 0 Å². The van der Waals surface area contributed by atoms with E-state index in [1.807, 2.05) is 0 Å². The largest absolute Gasteiger partial charge is 0.436 e. The van der Waals surface area contributed by atoms with Crippen molar-refractivity contribution in [3.05, 3.63) is 0 Å². The molecule has 16 heavy (non-hydrogen) atoms. The van der Waals surface area contributed by atoms with Crippen LogP contribution in [0.2, 0.25) is 12.6 Å². The summed E-state index contributed by atoms with van der Waals surface area (Å²) in [6.45, 7) is 8.08. The van der Waals surface area contributed by atoms with Crippen LogP contribution < -0.4 is 0 Å². The molecule has 0 N–H and O–H groups in total. The van der Waals surface area contributed by atoms with E-state index in [0.29, 0.717) is 6.92 Å². The highest BCUT2D eigenvalue weighted by Gasteiger charge is 2.13. The van der Waals surface area contributed by atoms with Crippen molar-refractivity contribution in [2.24, 2.45) is 0 Å². The lowest BCUT2D eigenvalue weighted by Crippen LogP contribution is -2.17. The first kappa shape index (κ1) is 16.0. The maximum Gasteiger partial charge on any atom is 0.293 e. The molecular weight excluding hydrogens is 195 g/mol. The van der Waals surface area contributed by atoms with E-state index in [1.54, 1.807) is 0 Å². The highest BCUT2D eigenvalue weighted by atomic mass is 16.4. The van der Waals surface area contributed by atoms with Gasteiger partial charge in [0.25, 0.3) is 6.92 Å². The second-order valence-electron chi connectivity index (χ2n) is 4.78. The molecule has 0 amide bonds. The molecule has 1 nitrogen and oxygen atoms in total. The van der Waals surface area contributed by atoms with Crippen molar-refractivity contribution in [1.29, 1.82) is 0 Å². The molecular formula is C14H31BO. The zero-order valence-corrected chi connectivity index (χ0v) is 11.8. The molecule has 0 aliphatic heterocycles. The minimum absolute atomic E-state index is 0.540. The van der Waals surface area contributed by atoms with Gasteiger partial charge >= 0.3 is 0 Å². The third kappa shape index (κ3) is 10.5. The second kappa shape index (κ2) is 13.1. The van der Waals surface area contributed by atoms with Gasteiger partial charge in [0.15, 0.2) is 0 Å². The average molecular weight is 226 g/mol. The Bertz CT molecular complexity index is 116. The average Bonchev–Trinajstić information content (AvgIpc) is 2.30.